The lowest BCUT2D eigenvalue weighted by Gasteiger charge is -2.35. The van der Waals surface area contributed by atoms with E-state index < -0.39 is 17.7 Å². The molecule has 27 heavy (non-hydrogen) atoms. The molecular weight excluding hydrogens is 342 g/mol. The summed E-state index contributed by atoms with van der Waals surface area (Å²) in [5.74, 6) is -1.05. The number of benzene rings is 1. The number of carboxylic acids is 1. The van der Waals surface area contributed by atoms with Crippen molar-refractivity contribution in [1.82, 2.24) is 0 Å². The van der Waals surface area contributed by atoms with Gasteiger partial charge >= 0.3 is 12.1 Å². The van der Waals surface area contributed by atoms with E-state index in [1.807, 2.05) is 6.07 Å². The predicted molar refractivity (Wildman–Crippen MR) is 110 cm³/mol. The van der Waals surface area contributed by atoms with Crippen LogP contribution in [0.1, 0.15) is 96.0 Å². The van der Waals surface area contributed by atoms with Crippen LogP contribution in [-0.2, 0) is 10.2 Å². The van der Waals surface area contributed by atoms with Gasteiger partial charge in [0.05, 0.1) is 11.3 Å². The molecule has 0 saturated heterocycles. The second-order valence-electron chi connectivity index (χ2n) is 8.22. The average molecular weight is 378 g/mol. The predicted octanol–water partition coefficient (Wildman–Crippen LogP) is 6.37. The minimum atomic E-state index is -1.05. The zero-order chi connectivity index (χ0) is 20.7. The summed E-state index contributed by atoms with van der Waals surface area (Å²) in [5.41, 5.74) is 0.740. The van der Waals surface area contributed by atoms with E-state index >= 15 is 0 Å². The van der Waals surface area contributed by atoms with Crippen molar-refractivity contribution in [2.75, 3.05) is 5.32 Å². The fourth-order valence-electron chi connectivity index (χ4n) is 3.82. The van der Waals surface area contributed by atoms with E-state index in [9.17, 15) is 14.7 Å². The van der Waals surface area contributed by atoms with Gasteiger partial charge in [-0.15, -0.1) is 0 Å². The smallest absolute Gasteiger partial charge is 0.412 e. The number of ether oxygens (including phenoxy) is 1. The lowest BCUT2D eigenvalue weighted by molar-refractivity contribution is 0.0636. The summed E-state index contributed by atoms with van der Waals surface area (Å²) in [4.78, 5) is 23.9. The third kappa shape index (κ3) is 6.56. The molecule has 1 aromatic carbocycles. The number of anilines is 1. The quantitative estimate of drug-likeness (QED) is 0.524. The monoisotopic (exact) mass is 377 g/mol. The summed E-state index contributed by atoms with van der Waals surface area (Å²) in [6.07, 6.45) is 5.53. The van der Waals surface area contributed by atoms with E-state index in [0.29, 0.717) is 0 Å². The number of hydrogen-bond donors (Lipinski definition) is 2. The van der Waals surface area contributed by atoms with E-state index in [2.05, 4.69) is 26.1 Å². The maximum Gasteiger partial charge on any atom is 0.412 e. The molecule has 0 heterocycles. The van der Waals surface area contributed by atoms with Gasteiger partial charge in [0.15, 0.2) is 0 Å². The number of rotatable bonds is 9. The van der Waals surface area contributed by atoms with Gasteiger partial charge in [0.2, 0.25) is 0 Å². The summed E-state index contributed by atoms with van der Waals surface area (Å²) in [5, 5.41) is 12.3. The molecule has 0 aliphatic heterocycles. The summed E-state index contributed by atoms with van der Waals surface area (Å²) < 4.78 is 5.25. The van der Waals surface area contributed by atoms with E-state index in [1.54, 1.807) is 32.9 Å². The standard InChI is InChI=1S/C22H35NO4/c1-7-12-22(13-8-2,14-9-3)16-10-11-18(17(15-16)19(24)25)23-20(26)27-21(4,5)6/h10-11,15H,7-9,12-14H2,1-6H3,(H,23,26)(H,24,25). The van der Waals surface area contributed by atoms with Crippen LogP contribution in [0, 0.1) is 0 Å². The van der Waals surface area contributed by atoms with Crippen LogP contribution < -0.4 is 5.32 Å². The third-order valence-corrected chi connectivity index (χ3v) is 4.68. The normalized spacial score (nSPS) is 11.9. The van der Waals surface area contributed by atoms with Crippen LogP contribution in [0.5, 0.6) is 0 Å². The number of carboxylic acid groups (broad SMARTS) is 1. The van der Waals surface area contributed by atoms with Crippen LogP contribution in [0.15, 0.2) is 18.2 Å². The van der Waals surface area contributed by atoms with Crippen molar-refractivity contribution < 1.29 is 19.4 Å². The Morgan fingerprint density at radius 3 is 1.93 bits per heavy atom. The Morgan fingerprint density at radius 2 is 1.52 bits per heavy atom. The molecule has 0 spiro atoms. The molecule has 152 valence electrons. The van der Waals surface area contributed by atoms with E-state index in [1.165, 1.54) is 0 Å². The molecule has 0 unspecified atom stereocenters. The van der Waals surface area contributed by atoms with Crippen molar-refractivity contribution in [1.29, 1.82) is 0 Å². The molecular formula is C22H35NO4. The molecule has 2 N–H and O–H groups in total. The van der Waals surface area contributed by atoms with Crippen LogP contribution in [0.4, 0.5) is 10.5 Å². The Kier molecular flexibility index (Phi) is 8.32. The first-order valence-electron chi connectivity index (χ1n) is 9.96. The van der Waals surface area contributed by atoms with Gasteiger partial charge in [0.1, 0.15) is 5.60 Å². The fraction of sp³-hybridized carbons (Fsp3) is 0.636. The van der Waals surface area contributed by atoms with Crippen LogP contribution in [0.2, 0.25) is 0 Å². The van der Waals surface area contributed by atoms with E-state index in [4.69, 9.17) is 4.74 Å². The van der Waals surface area contributed by atoms with Crippen molar-refractivity contribution in [2.45, 2.75) is 91.1 Å². The Bertz CT molecular complexity index is 629. The lowest BCUT2D eigenvalue weighted by Crippen LogP contribution is -2.28. The molecule has 1 amide bonds. The molecule has 0 bridgehead atoms. The number of hydrogen-bond acceptors (Lipinski definition) is 3. The second kappa shape index (κ2) is 9.77. The van der Waals surface area contributed by atoms with Crippen LogP contribution >= 0.6 is 0 Å². The zero-order valence-corrected chi connectivity index (χ0v) is 17.6. The highest BCUT2D eigenvalue weighted by atomic mass is 16.6. The molecule has 0 aliphatic carbocycles. The zero-order valence-electron chi connectivity index (χ0n) is 17.6. The maximum atomic E-state index is 12.1. The maximum absolute atomic E-state index is 12.1. The van der Waals surface area contributed by atoms with Crippen LogP contribution in [0.3, 0.4) is 0 Å². The molecule has 0 saturated carbocycles. The first-order valence-corrected chi connectivity index (χ1v) is 9.96. The van der Waals surface area contributed by atoms with Crippen molar-refractivity contribution in [3.63, 3.8) is 0 Å². The Labute approximate surface area is 163 Å². The first kappa shape index (κ1) is 23.0. The van der Waals surface area contributed by atoms with Crippen molar-refractivity contribution in [3.8, 4) is 0 Å². The number of carbonyl (C=O) groups is 2. The Morgan fingerprint density at radius 1 is 1.00 bits per heavy atom. The summed E-state index contributed by atoms with van der Waals surface area (Å²) in [6.45, 7) is 11.8. The van der Waals surface area contributed by atoms with Gasteiger partial charge in [0, 0.05) is 0 Å². The number of nitrogens with one attached hydrogen (secondary N) is 1. The molecule has 0 fully saturated rings. The third-order valence-electron chi connectivity index (χ3n) is 4.68. The van der Waals surface area contributed by atoms with Gasteiger partial charge < -0.3 is 9.84 Å². The topological polar surface area (TPSA) is 75.6 Å². The highest BCUT2D eigenvalue weighted by molar-refractivity contribution is 5.99. The Hall–Kier alpha value is -2.04. The molecule has 0 aliphatic rings. The van der Waals surface area contributed by atoms with Crippen molar-refractivity contribution >= 4 is 17.7 Å². The Balaban J connectivity index is 3.30. The van der Waals surface area contributed by atoms with E-state index in [0.717, 1.165) is 44.1 Å². The minimum Gasteiger partial charge on any atom is -0.478 e. The second-order valence-corrected chi connectivity index (χ2v) is 8.22. The molecule has 1 rings (SSSR count). The van der Waals surface area contributed by atoms with Gasteiger partial charge in [-0.05, 0) is 63.1 Å². The van der Waals surface area contributed by atoms with Gasteiger partial charge in [-0.1, -0.05) is 46.1 Å². The van der Waals surface area contributed by atoms with Crippen LogP contribution in [-0.4, -0.2) is 22.8 Å². The minimum absolute atomic E-state index is 0.0209. The van der Waals surface area contributed by atoms with Gasteiger partial charge in [-0.25, -0.2) is 9.59 Å². The molecule has 5 nitrogen and oxygen atoms in total. The van der Waals surface area contributed by atoms with Gasteiger partial charge in [-0.2, -0.15) is 0 Å². The van der Waals surface area contributed by atoms with Gasteiger partial charge in [0.25, 0.3) is 0 Å². The summed E-state index contributed by atoms with van der Waals surface area (Å²) in [7, 11) is 0. The van der Waals surface area contributed by atoms with Gasteiger partial charge in [-0.3, -0.25) is 5.32 Å². The molecule has 0 radical (unpaired) electrons. The summed E-state index contributed by atoms with van der Waals surface area (Å²) >= 11 is 0. The van der Waals surface area contributed by atoms with Crippen molar-refractivity contribution in [3.05, 3.63) is 29.3 Å². The first-order chi connectivity index (χ1) is 12.6. The molecule has 5 heteroatoms. The highest BCUT2D eigenvalue weighted by Crippen LogP contribution is 2.40. The molecule has 0 aromatic heterocycles. The van der Waals surface area contributed by atoms with Crippen molar-refractivity contribution in [2.24, 2.45) is 0 Å². The number of amides is 1. The van der Waals surface area contributed by atoms with E-state index in [-0.39, 0.29) is 16.7 Å². The number of carbonyl (C=O) groups excluding carboxylic acids is 1. The highest BCUT2D eigenvalue weighted by Gasteiger charge is 2.31. The average Bonchev–Trinajstić information content (AvgIpc) is 2.53. The molecule has 1 aromatic rings. The lowest BCUT2D eigenvalue weighted by atomic mass is 9.70. The molecule has 0 atom stereocenters. The largest absolute Gasteiger partial charge is 0.478 e. The SMILES string of the molecule is CCCC(CCC)(CCC)c1ccc(NC(=O)OC(C)(C)C)c(C(=O)O)c1. The van der Waals surface area contributed by atoms with Crippen LogP contribution in [0.25, 0.3) is 0 Å². The summed E-state index contributed by atoms with van der Waals surface area (Å²) in [6, 6.07) is 5.38. The fourth-order valence-corrected chi connectivity index (χ4v) is 3.82. The number of aromatic carboxylic acids is 1.